The van der Waals surface area contributed by atoms with Crippen LogP contribution < -0.4 is 10.4 Å². The monoisotopic (exact) mass is 644 g/mol. The summed E-state index contributed by atoms with van der Waals surface area (Å²) in [6, 6.07) is 41.5. The van der Waals surface area contributed by atoms with Crippen molar-refractivity contribution < 1.29 is 8.83 Å². The van der Waals surface area contributed by atoms with Crippen molar-refractivity contribution in [1.82, 2.24) is 0 Å². The van der Waals surface area contributed by atoms with Crippen LogP contribution in [0.1, 0.15) is 24.0 Å². The molecule has 5 aromatic carbocycles. The number of fused-ring (bicyclic) bond motifs is 5. The van der Waals surface area contributed by atoms with Crippen LogP contribution in [0.5, 0.6) is 0 Å². The lowest BCUT2D eigenvalue weighted by Gasteiger charge is -2.15. The highest BCUT2D eigenvalue weighted by Gasteiger charge is 2.19. The van der Waals surface area contributed by atoms with E-state index in [1.54, 1.807) is 0 Å². The van der Waals surface area contributed by atoms with Gasteiger partial charge in [-0.15, -0.1) is 0 Å². The normalized spacial score (nSPS) is 16.8. The van der Waals surface area contributed by atoms with Crippen molar-refractivity contribution in [3.8, 4) is 11.3 Å². The Kier molecular flexibility index (Phi) is 8.20. The van der Waals surface area contributed by atoms with Gasteiger partial charge in [0.05, 0.1) is 0 Å². The van der Waals surface area contributed by atoms with E-state index in [9.17, 15) is 0 Å². The Bertz CT molecular complexity index is 2650. The van der Waals surface area contributed by atoms with E-state index >= 15 is 0 Å². The molecule has 0 N–H and O–H groups in total. The molecule has 0 unspecified atom stereocenters. The summed E-state index contributed by atoms with van der Waals surface area (Å²) in [5, 5.41) is 5.33. The molecule has 1 aliphatic rings. The fourth-order valence-corrected chi connectivity index (χ4v) is 6.79. The molecule has 2 aromatic heterocycles. The van der Waals surface area contributed by atoms with Crippen LogP contribution in [-0.4, -0.2) is 0 Å². The summed E-state index contributed by atoms with van der Waals surface area (Å²) in [6.45, 7) is 13.7. The first-order valence-electron chi connectivity index (χ1n) is 17.0. The number of hydrogen-bond donors (Lipinski definition) is 0. The van der Waals surface area contributed by atoms with Gasteiger partial charge < -0.3 is 8.83 Å². The number of hydrogen-bond acceptors (Lipinski definition) is 2. The van der Waals surface area contributed by atoms with Gasteiger partial charge in [0.25, 0.3) is 0 Å². The zero-order chi connectivity index (χ0) is 34.0. The largest absolute Gasteiger partial charge is 0.456 e. The second kappa shape index (κ2) is 13.3. The van der Waals surface area contributed by atoms with Crippen LogP contribution in [0.2, 0.25) is 0 Å². The molecular weight excluding hydrogens is 609 g/mol. The number of para-hydroxylation sites is 2. The average molecular weight is 645 g/mol. The van der Waals surface area contributed by atoms with Gasteiger partial charge in [-0.1, -0.05) is 147 Å². The molecule has 2 nitrogen and oxygen atoms in total. The van der Waals surface area contributed by atoms with E-state index in [1.807, 2.05) is 54.6 Å². The summed E-state index contributed by atoms with van der Waals surface area (Å²) < 4.78 is 12.9. The van der Waals surface area contributed by atoms with Gasteiger partial charge in [-0.3, -0.25) is 0 Å². The highest BCUT2D eigenvalue weighted by atomic mass is 16.3. The molecule has 0 fully saturated rings. The van der Waals surface area contributed by atoms with Crippen molar-refractivity contribution in [2.24, 2.45) is 0 Å². The molecule has 7 aromatic rings. The molecule has 0 saturated heterocycles. The lowest BCUT2D eigenvalue weighted by Crippen LogP contribution is -2.29. The molecular formula is C48H36O2. The number of allylic oxidation sites excluding steroid dienone is 9. The smallest absolute Gasteiger partial charge is 0.136 e. The Balaban J connectivity index is 1.35. The topological polar surface area (TPSA) is 26.3 Å². The summed E-state index contributed by atoms with van der Waals surface area (Å²) >= 11 is 0. The van der Waals surface area contributed by atoms with Crippen LogP contribution in [0.4, 0.5) is 0 Å². The third kappa shape index (κ3) is 5.82. The zero-order valence-corrected chi connectivity index (χ0v) is 27.9. The molecule has 2 heteroatoms. The second-order valence-corrected chi connectivity index (χ2v) is 12.6. The molecule has 50 heavy (non-hydrogen) atoms. The van der Waals surface area contributed by atoms with Gasteiger partial charge in [0, 0.05) is 21.7 Å². The van der Waals surface area contributed by atoms with Gasteiger partial charge in [-0.05, 0) is 92.6 Å². The molecule has 0 aliphatic heterocycles. The molecule has 8 rings (SSSR count). The molecule has 240 valence electrons. The van der Waals surface area contributed by atoms with Crippen molar-refractivity contribution in [3.63, 3.8) is 0 Å². The molecule has 0 bridgehead atoms. The van der Waals surface area contributed by atoms with Gasteiger partial charge in [0.2, 0.25) is 0 Å². The molecule has 0 atom stereocenters. The molecule has 0 amide bonds. The van der Waals surface area contributed by atoms with Crippen molar-refractivity contribution in [1.29, 1.82) is 0 Å². The van der Waals surface area contributed by atoms with Gasteiger partial charge in [0.15, 0.2) is 0 Å². The van der Waals surface area contributed by atoms with Crippen molar-refractivity contribution >= 4 is 55.2 Å². The van der Waals surface area contributed by atoms with Gasteiger partial charge >= 0.3 is 0 Å². The molecule has 0 saturated carbocycles. The quantitative estimate of drug-likeness (QED) is 0.161. The third-order valence-corrected chi connectivity index (χ3v) is 9.41. The van der Waals surface area contributed by atoms with E-state index in [1.165, 1.54) is 0 Å². The minimum atomic E-state index is 0.773. The predicted octanol–water partition coefficient (Wildman–Crippen LogP) is 11.7. The SMILES string of the molecule is C=C(/C=C\C(=C)c1ccccc1)C1=c2\cccc\c2=C(C(=C)c2cc3c(cc2-c2cc4ccccc4o2)oc2ccccc23)\C=C\CC\C=C\1. The van der Waals surface area contributed by atoms with E-state index < -0.39 is 0 Å². The predicted molar refractivity (Wildman–Crippen MR) is 212 cm³/mol. The lowest BCUT2D eigenvalue weighted by atomic mass is 9.89. The van der Waals surface area contributed by atoms with E-state index in [0.29, 0.717) is 0 Å². The van der Waals surface area contributed by atoms with Gasteiger partial charge in [-0.2, -0.15) is 0 Å². The maximum atomic E-state index is 6.48. The molecule has 2 heterocycles. The van der Waals surface area contributed by atoms with Crippen LogP contribution in [0.15, 0.2) is 192 Å². The van der Waals surface area contributed by atoms with Crippen LogP contribution in [0.25, 0.3) is 66.5 Å². The van der Waals surface area contributed by atoms with Crippen molar-refractivity contribution in [2.75, 3.05) is 0 Å². The summed E-state index contributed by atoms with van der Waals surface area (Å²) in [6.07, 6.45) is 14.8. The first-order valence-corrected chi connectivity index (χ1v) is 17.0. The van der Waals surface area contributed by atoms with Crippen LogP contribution in [-0.2, 0) is 0 Å². The first kappa shape index (κ1) is 30.9. The molecule has 0 spiro atoms. The summed E-state index contributed by atoms with van der Waals surface area (Å²) in [4.78, 5) is 0. The van der Waals surface area contributed by atoms with Crippen molar-refractivity contribution in [2.45, 2.75) is 12.8 Å². The van der Waals surface area contributed by atoms with Gasteiger partial charge in [-0.25, -0.2) is 0 Å². The van der Waals surface area contributed by atoms with E-state index in [2.05, 4.69) is 116 Å². The second-order valence-electron chi connectivity index (χ2n) is 12.6. The zero-order valence-electron chi connectivity index (χ0n) is 27.9. The highest BCUT2D eigenvalue weighted by Crippen LogP contribution is 2.41. The maximum absolute atomic E-state index is 6.48. The minimum Gasteiger partial charge on any atom is -0.456 e. The van der Waals surface area contributed by atoms with Crippen LogP contribution in [0, 0.1) is 0 Å². The lowest BCUT2D eigenvalue weighted by molar-refractivity contribution is 0.630. The standard InChI is InChI=1S/C48H36O2/c1-32(35-17-7-6-8-18-35)27-28-33(2)37-20-9-4-5-10-21-38(40-23-13-12-22-39(37)40)34(3)42-30-43-41-24-14-16-26-46(41)50-48(43)31-44(42)47-29-36-19-11-15-25-45(36)49-47/h6-31H,1-5H2/b20-9+,21-10+,28-27-,39-37+,40-38+. The fraction of sp³-hybridized carbons (Fsp3) is 0.0417. The maximum Gasteiger partial charge on any atom is 0.136 e. The molecule has 1 aliphatic carbocycles. The van der Waals surface area contributed by atoms with E-state index in [-0.39, 0.29) is 0 Å². The van der Waals surface area contributed by atoms with Crippen molar-refractivity contribution in [3.05, 3.63) is 205 Å². The Morgan fingerprint density at radius 3 is 1.96 bits per heavy atom. The fourth-order valence-electron chi connectivity index (χ4n) is 6.79. The van der Waals surface area contributed by atoms with E-state index in [4.69, 9.17) is 15.4 Å². The summed E-state index contributed by atoms with van der Waals surface area (Å²) in [5.74, 6) is 0.773. The Hall–Kier alpha value is -6.38. The van der Waals surface area contributed by atoms with E-state index in [0.717, 1.165) is 107 Å². The Morgan fingerprint density at radius 1 is 0.540 bits per heavy atom. The number of furan rings is 2. The Labute approximate surface area is 292 Å². The minimum absolute atomic E-state index is 0.773. The molecule has 0 radical (unpaired) electrons. The van der Waals surface area contributed by atoms with Crippen LogP contribution in [0.3, 0.4) is 0 Å². The number of rotatable bonds is 7. The Morgan fingerprint density at radius 2 is 1.18 bits per heavy atom. The van der Waals surface area contributed by atoms with Crippen LogP contribution >= 0.6 is 0 Å². The van der Waals surface area contributed by atoms with Gasteiger partial charge in [0.1, 0.15) is 22.5 Å². The highest BCUT2D eigenvalue weighted by molar-refractivity contribution is 6.12. The number of benzene rings is 5. The summed E-state index contributed by atoms with van der Waals surface area (Å²) in [5.41, 5.74) is 10.4. The third-order valence-electron chi connectivity index (χ3n) is 9.41. The first-order chi connectivity index (χ1) is 24.5. The summed E-state index contributed by atoms with van der Waals surface area (Å²) in [7, 11) is 0. The average Bonchev–Trinajstić information content (AvgIpc) is 3.76.